The number of thiocarbonyl (C=S) groups is 2. The fraction of sp³-hybridized carbons (Fsp3) is 0.429. The highest BCUT2D eigenvalue weighted by molar-refractivity contribution is 7.80. The molecule has 8 nitrogen and oxygen atoms in total. The maximum Gasteiger partial charge on any atom is 0.316 e. The van der Waals surface area contributed by atoms with Crippen molar-refractivity contribution < 1.29 is 19.1 Å². The van der Waals surface area contributed by atoms with Gasteiger partial charge < -0.3 is 30.7 Å². The molecule has 0 atom stereocenters. The molecule has 0 spiro atoms. The predicted octanol–water partition coefficient (Wildman–Crippen LogP) is 3.96. The number of rotatable bonds is 13. The highest BCUT2D eigenvalue weighted by Gasteiger charge is 2.30. The quantitative estimate of drug-likeness (QED) is 0.125. The summed E-state index contributed by atoms with van der Waals surface area (Å²) in [5.41, 5.74) is -1.32. The molecule has 206 valence electrons. The van der Waals surface area contributed by atoms with Crippen molar-refractivity contribution >= 4 is 46.6 Å². The first-order chi connectivity index (χ1) is 18.0. The van der Waals surface area contributed by atoms with Crippen LogP contribution >= 0.6 is 24.4 Å². The molecule has 0 radical (unpaired) electrons. The van der Waals surface area contributed by atoms with E-state index in [4.69, 9.17) is 33.9 Å². The Morgan fingerprint density at radius 3 is 1.26 bits per heavy atom. The van der Waals surface area contributed by atoms with Gasteiger partial charge >= 0.3 is 11.9 Å². The zero-order valence-corrected chi connectivity index (χ0v) is 24.1. The molecule has 4 N–H and O–H groups in total. The molecule has 2 aromatic carbocycles. The number of para-hydroxylation sites is 2. The van der Waals surface area contributed by atoms with Crippen molar-refractivity contribution in [1.29, 1.82) is 0 Å². The highest BCUT2D eigenvalue weighted by atomic mass is 32.1. The third-order valence-corrected chi connectivity index (χ3v) is 6.36. The Morgan fingerprint density at radius 2 is 0.921 bits per heavy atom. The minimum Gasteiger partial charge on any atom is -0.426 e. The molecule has 38 heavy (non-hydrogen) atoms. The maximum atomic E-state index is 12.5. The molecule has 0 saturated heterocycles. The van der Waals surface area contributed by atoms with Crippen molar-refractivity contribution in [3.8, 4) is 11.5 Å². The normalized spacial score (nSPS) is 11.2. The molecule has 0 bridgehead atoms. The summed E-state index contributed by atoms with van der Waals surface area (Å²) in [6, 6.07) is 18.1. The van der Waals surface area contributed by atoms with E-state index in [9.17, 15) is 9.59 Å². The molecule has 0 saturated carbocycles. The number of hydrogen-bond donors (Lipinski definition) is 4. The lowest BCUT2D eigenvalue weighted by Gasteiger charge is -2.23. The minimum atomic E-state index is -0.662. The Kier molecular flexibility index (Phi) is 12.4. The Morgan fingerprint density at radius 1 is 0.605 bits per heavy atom. The van der Waals surface area contributed by atoms with E-state index in [1.54, 1.807) is 24.3 Å². The summed E-state index contributed by atoms with van der Waals surface area (Å²) in [5, 5.41) is 13.4. The summed E-state index contributed by atoms with van der Waals surface area (Å²) in [6.07, 6.45) is 1.12. The monoisotopic (exact) mass is 558 g/mol. The molecule has 0 aliphatic rings. The SMILES string of the molecule is CC(C)(CCNC(=S)NCCNC(=S)NCCC(C)(C)C(=O)Oc1ccccc1)C(=O)Oc1ccccc1. The van der Waals surface area contributed by atoms with Crippen molar-refractivity contribution in [3.05, 3.63) is 60.7 Å². The number of hydrogen-bond acceptors (Lipinski definition) is 6. The first kappa shape index (κ1) is 31.0. The van der Waals surface area contributed by atoms with Gasteiger partial charge in [-0.2, -0.15) is 0 Å². The van der Waals surface area contributed by atoms with E-state index < -0.39 is 10.8 Å². The third kappa shape index (κ3) is 11.4. The summed E-state index contributed by atoms with van der Waals surface area (Å²) >= 11 is 10.6. The first-order valence-electron chi connectivity index (χ1n) is 12.6. The first-order valence-corrected chi connectivity index (χ1v) is 13.4. The summed E-state index contributed by atoms with van der Waals surface area (Å²) in [5.74, 6) is 0.493. The summed E-state index contributed by atoms with van der Waals surface area (Å²) in [7, 11) is 0. The zero-order valence-electron chi connectivity index (χ0n) is 22.5. The van der Waals surface area contributed by atoms with Gasteiger partial charge in [0.25, 0.3) is 0 Å². The molecular weight excluding hydrogens is 520 g/mol. The smallest absolute Gasteiger partial charge is 0.316 e. The van der Waals surface area contributed by atoms with E-state index in [0.717, 1.165) is 0 Å². The molecule has 2 aromatic rings. The van der Waals surface area contributed by atoms with Gasteiger partial charge in [-0.05, 0) is 89.2 Å². The van der Waals surface area contributed by atoms with Crippen LogP contribution in [0.3, 0.4) is 0 Å². The predicted molar refractivity (Wildman–Crippen MR) is 158 cm³/mol. The van der Waals surface area contributed by atoms with Gasteiger partial charge in [-0.15, -0.1) is 0 Å². The molecule has 0 aliphatic carbocycles. The minimum absolute atomic E-state index is 0.286. The number of carbonyl (C=O) groups excluding carboxylic acids is 2. The molecule has 0 fully saturated rings. The molecule has 10 heteroatoms. The Hall–Kier alpha value is -3.24. The van der Waals surface area contributed by atoms with Gasteiger partial charge in [-0.25, -0.2) is 0 Å². The van der Waals surface area contributed by atoms with Crippen molar-refractivity contribution in [3.63, 3.8) is 0 Å². The van der Waals surface area contributed by atoms with Gasteiger partial charge in [-0.3, -0.25) is 9.59 Å². The van der Waals surface area contributed by atoms with Crippen molar-refractivity contribution in [2.75, 3.05) is 26.2 Å². The van der Waals surface area contributed by atoms with Crippen LogP contribution in [0.25, 0.3) is 0 Å². The second-order valence-corrected chi connectivity index (χ2v) is 10.9. The number of carbonyl (C=O) groups is 2. The van der Waals surface area contributed by atoms with E-state index >= 15 is 0 Å². The lowest BCUT2D eigenvalue weighted by molar-refractivity contribution is -0.145. The van der Waals surface area contributed by atoms with E-state index in [-0.39, 0.29) is 11.9 Å². The molecule has 0 aromatic heterocycles. The lowest BCUT2D eigenvalue weighted by atomic mass is 9.89. The molecule has 0 unspecified atom stereocenters. The zero-order chi connectivity index (χ0) is 28.0. The summed E-state index contributed by atoms with van der Waals surface area (Å²) in [6.45, 7) is 9.56. The fourth-order valence-corrected chi connectivity index (χ4v) is 3.53. The van der Waals surface area contributed by atoms with Gasteiger partial charge in [0.2, 0.25) is 0 Å². The molecule has 0 heterocycles. The second kappa shape index (κ2) is 15.2. The fourth-order valence-electron chi connectivity index (χ4n) is 3.13. The molecule has 0 aliphatic heterocycles. The number of esters is 2. The Balaban J connectivity index is 1.56. The van der Waals surface area contributed by atoms with Crippen LogP contribution in [0.15, 0.2) is 60.7 Å². The van der Waals surface area contributed by atoms with Crippen LogP contribution in [0.4, 0.5) is 0 Å². The van der Waals surface area contributed by atoms with E-state index in [1.165, 1.54) is 0 Å². The maximum absolute atomic E-state index is 12.5. The Labute approximate surface area is 236 Å². The van der Waals surface area contributed by atoms with Crippen LogP contribution in [0.2, 0.25) is 0 Å². The average molecular weight is 559 g/mol. The van der Waals surface area contributed by atoms with Crippen molar-refractivity contribution in [2.45, 2.75) is 40.5 Å². The summed E-state index contributed by atoms with van der Waals surface area (Å²) < 4.78 is 10.9. The molecule has 2 rings (SSSR count). The van der Waals surface area contributed by atoms with E-state index in [1.807, 2.05) is 64.1 Å². The highest BCUT2D eigenvalue weighted by Crippen LogP contribution is 2.24. The topological polar surface area (TPSA) is 101 Å². The van der Waals surface area contributed by atoms with Crippen LogP contribution in [-0.4, -0.2) is 48.3 Å². The van der Waals surface area contributed by atoms with Crippen LogP contribution < -0.4 is 30.7 Å². The van der Waals surface area contributed by atoms with Gasteiger partial charge in [0.05, 0.1) is 10.8 Å². The van der Waals surface area contributed by atoms with Gasteiger partial charge in [-0.1, -0.05) is 36.4 Å². The number of benzene rings is 2. The van der Waals surface area contributed by atoms with Gasteiger partial charge in [0, 0.05) is 26.2 Å². The number of nitrogens with one attached hydrogen (secondary N) is 4. The van der Waals surface area contributed by atoms with Crippen molar-refractivity contribution in [2.24, 2.45) is 10.8 Å². The van der Waals surface area contributed by atoms with E-state index in [2.05, 4.69) is 21.3 Å². The number of ether oxygens (including phenoxy) is 2. The average Bonchev–Trinajstić information content (AvgIpc) is 2.87. The van der Waals surface area contributed by atoms with Crippen LogP contribution in [0.5, 0.6) is 11.5 Å². The van der Waals surface area contributed by atoms with Crippen LogP contribution in [0, 0.1) is 10.8 Å². The van der Waals surface area contributed by atoms with Gasteiger partial charge in [0.15, 0.2) is 10.2 Å². The molecule has 0 amide bonds. The van der Waals surface area contributed by atoms with E-state index in [0.29, 0.717) is 60.7 Å². The van der Waals surface area contributed by atoms with Crippen LogP contribution in [-0.2, 0) is 9.59 Å². The van der Waals surface area contributed by atoms with Gasteiger partial charge in [0.1, 0.15) is 11.5 Å². The van der Waals surface area contributed by atoms with Crippen molar-refractivity contribution in [1.82, 2.24) is 21.3 Å². The lowest BCUT2D eigenvalue weighted by Crippen LogP contribution is -2.44. The third-order valence-electron chi connectivity index (χ3n) is 5.78. The Bertz CT molecular complexity index is 978. The summed E-state index contributed by atoms with van der Waals surface area (Å²) in [4.78, 5) is 24.9. The second-order valence-electron chi connectivity index (χ2n) is 10.0. The van der Waals surface area contributed by atoms with Crippen LogP contribution in [0.1, 0.15) is 40.5 Å². The largest absolute Gasteiger partial charge is 0.426 e. The molecular formula is C28H38N4O4S2. The standard InChI is InChI=1S/C28H38N4O4S2/c1-27(2,23(33)35-21-11-7-5-8-12-21)15-17-29-25(37)31-19-20-32-26(38)30-18-16-28(3,4)24(34)36-22-13-9-6-10-14-22/h5-14H,15-20H2,1-4H3,(H2,29,31,37)(H2,30,32,38).